The van der Waals surface area contributed by atoms with Crippen molar-refractivity contribution in [3.63, 3.8) is 0 Å². The van der Waals surface area contributed by atoms with Crippen molar-refractivity contribution in [3.05, 3.63) is 18.5 Å². The highest BCUT2D eigenvalue weighted by Gasteiger charge is 2.21. The van der Waals surface area contributed by atoms with E-state index in [1.807, 2.05) is 46.9 Å². The van der Waals surface area contributed by atoms with E-state index in [4.69, 9.17) is 4.84 Å². The molecule has 0 aliphatic carbocycles. The van der Waals surface area contributed by atoms with E-state index in [1.165, 1.54) is 0 Å². The van der Waals surface area contributed by atoms with Gasteiger partial charge in [0.25, 0.3) is 0 Å². The summed E-state index contributed by atoms with van der Waals surface area (Å²) >= 11 is 0. The van der Waals surface area contributed by atoms with Crippen LogP contribution in [0.3, 0.4) is 0 Å². The fourth-order valence-electron chi connectivity index (χ4n) is 1.31. The highest BCUT2D eigenvalue weighted by atomic mass is 16.7. The van der Waals surface area contributed by atoms with Crippen LogP contribution in [0.5, 0.6) is 0 Å². The van der Waals surface area contributed by atoms with Gasteiger partial charge in [0.2, 0.25) is 0 Å². The van der Waals surface area contributed by atoms with Gasteiger partial charge < -0.3 is 5.32 Å². The number of amides is 1. The Labute approximate surface area is 113 Å². The van der Waals surface area contributed by atoms with Crippen LogP contribution in [0.4, 0.5) is 4.79 Å². The molecular weight excluding hydrogens is 244 g/mol. The third-order valence-corrected chi connectivity index (χ3v) is 2.38. The van der Waals surface area contributed by atoms with Crippen LogP contribution < -0.4 is 5.32 Å². The van der Waals surface area contributed by atoms with Crippen molar-refractivity contribution in [2.75, 3.05) is 0 Å². The van der Waals surface area contributed by atoms with Crippen molar-refractivity contribution >= 4 is 11.8 Å². The second-order valence-electron chi connectivity index (χ2n) is 5.67. The average Bonchev–Trinajstić information content (AvgIpc) is 2.74. The number of carbonyl (C=O) groups excluding carboxylic acids is 1. The molecule has 1 heterocycles. The van der Waals surface area contributed by atoms with Gasteiger partial charge in [0, 0.05) is 23.9 Å². The Bertz CT molecular complexity index is 430. The summed E-state index contributed by atoms with van der Waals surface area (Å²) in [6, 6.07) is 1.86. The number of aromatic nitrogens is 2. The van der Waals surface area contributed by atoms with E-state index in [0.717, 1.165) is 5.71 Å². The van der Waals surface area contributed by atoms with Gasteiger partial charge in [-0.2, -0.15) is 5.10 Å². The minimum atomic E-state index is -0.544. The fraction of sp³-hybridized carbons (Fsp3) is 0.615. The van der Waals surface area contributed by atoms with Crippen molar-refractivity contribution in [1.29, 1.82) is 0 Å². The van der Waals surface area contributed by atoms with Crippen molar-refractivity contribution in [2.24, 2.45) is 10.6 Å². The Hall–Kier alpha value is -1.85. The first-order valence-corrected chi connectivity index (χ1v) is 6.31. The molecule has 1 rings (SSSR count). The Morgan fingerprint density at radius 2 is 2.16 bits per heavy atom. The van der Waals surface area contributed by atoms with E-state index >= 15 is 0 Å². The summed E-state index contributed by atoms with van der Waals surface area (Å²) in [6.07, 6.45) is 3.00. The standard InChI is InChI=1S/C13H22N4O2/c1-10(2)15-12(18)19-16-11(13(3,4)5)9-17-8-6-7-14-17/h6-8,10H,9H2,1-5H3,(H,15,18). The molecule has 0 atom stereocenters. The summed E-state index contributed by atoms with van der Waals surface area (Å²) in [5, 5.41) is 10.7. The molecule has 1 aromatic heterocycles. The maximum Gasteiger partial charge on any atom is 0.433 e. The number of nitrogens with zero attached hydrogens (tertiary/aromatic N) is 3. The number of nitrogens with one attached hydrogen (secondary N) is 1. The average molecular weight is 266 g/mol. The van der Waals surface area contributed by atoms with Gasteiger partial charge in [0.1, 0.15) is 0 Å². The molecule has 1 aromatic rings. The first-order valence-electron chi connectivity index (χ1n) is 6.31. The molecule has 19 heavy (non-hydrogen) atoms. The van der Waals surface area contributed by atoms with Crippen LogP contribution in [0.2, 0.25) is 0 Å². The van der Waals surface area contributed by atoms with Crippen molar-refractivity contribution in [1.82, 2.24) is 15.1 Å². The predicted molar refractivity (Wildman–Crippen MR) is 73.9 cm³/mol. The smallest absolute Gasteiger partial charge is 0.317 e. The molecule has 0 aliphatic heterocycles. The van der Waals surface area contributed by atoms with Gasteiger partial charge in [0.05, 0.1) is 12.3 Å². The lowest BCUT2D eigenvalue weighted by molar-refractivity contribution is 0.146. The minimum absolute atomic E-state index is 0.0203. The quantitative estimate of drug-likeness (QED) is 0.517. The summed E-state index contributed by atoms with van der Waals surface area (Å²) in [4.78, 5) is 16.3. The first-order chi connectivity index (χ1) is 8.79. The monoisotopic (exact) mass is 266 g/mol. The van der Waals surface area contributed by atoms with Crippen LogP contribution >= 0.6 is 0 Å². The molecule has 0 saturated carbocycles. The molecule has 106 valence electrons. The van der Waals surface area contributed by atoms with Crippen molar-refractivity contribution in [2.45, 2.75) is 47.2 Å². The van der Waals surface area contributed by atoms with E-state index < -0.39 is 6.09 Å². The molecule has 6 heteroatoms. The molecule has 0 fully saturated rings. The fourth-order valence-corrected chi connectivity index (χ4v) is 1.31. The highest BCUT2D eigenvalue weighted by Crippen LogP contribution is 2.17. The number of hydrogen-bond donors (Lipinski definition) is 1. The van der Waals surface area contributed by atoms with Crippen LogP contribution in [0.1, 0.15) is 34.6 Å². The Kier molecular flexibility index (Phi) is 5.09. The Morgan fingerprint density at radius 1 is 1.47 bits per heavy atom. The maximum atomic E-state index is 11.4. The normalized spacial score (nSPS) is 12.6. The van der Waals surface area contributed by atoms with Gasteiger partial charge in [-0.3, -0.25) is 9.52 Å². The van der Waals surface area contributed by atoms with Crippen LogP contribution in [0.25, 0.3) is 0 Å². The second kappa shape index (κ2) is 6.36. The molecule has 0 radical (unpaired) electrons. The van der Waals surface area contributed by atoms with E-state index in [9.17, 15) is 4.79 Å². The maximum absolute atomic E-state index is 11.4. The number of hydrogen-bond acceptors (Lipinski definition) is 4. The van der Waals surface area contributed by atoms with Gasteiger partial charge in [-0.05, 0) is 19.9 Å². The molecule has 0 unspecified atom stereocenters. The van der Waals surface area contributed by atoms with Crippen LogP contribution in [-0.2, 0) is 11.4 Å². The van der Waals surface area contributed by atoms with Gasteiger partial charge in [-0.25, -0.2) is 4.79 Å². The molecule has 0 aliphatic rings. The van der Waals surface area contributed by atoms with Crippen LogP contribution in [0, 0.1) is 5.41 Å². The zero-order valence-electron chi connectivity index (χ0n) is 12.2. The predicted octanol–water partition coefficient (Wildman–Crippen LogP) is 2.42. The lowest BCUT2D eigenvalue weighted by atomic mass is 9.90. The van der Waals surface area contributed by atoms with E-state index in [2.05, 4.69) is 15.6 Å². The lowest BCUT2D eigenvalue weighted by Gasteiger charge is -2.20. The highest BCUT2D eigenvalue weighted by molar-refractivity contribution is 5.89. The zero-order valence-corrected chi connectivity index (χ0v) is 12.2. The van der Waals surface area contributed by atoms with Gasteiger partial charge in [-0.15, -0.1) is 0 Å². The van der Waals surface area contributed by atoms with Gasteiger partial charge >= 0.3 is 6.09 Å². The largest absolute Gasteiger partial charge is 0.433 e. The molecule has 1 amide bonds. The van der Waals surface area contributed by atoms with Crippen molar-refractivity contribution in [3.8, 4) is 0 Å². The molecule has 6 nitrogen and oxygen atoms in total. The number of carbonyl (C=O) groups is 1. The van der Waals surface area contributed by atoms with Crippen LogP contribution in [-0.4, -0.2) is 27.6 Å². The molecule has 0 bridgehead atoms. The van der Waals surface area contributed by atoms with E-state index in [-0.39, 0.29) is 11.5 Å². The summed E-state index contributed by atoms with van der Waals surface area (Å²) < 4.78 is 1.74. The summed E-state index contributed by atoms with van der Waals surface area (Å²) in [5.74, 6) is 0. The molecule has 0 aromatic carbocycles. The zero-order chi connectivity index (χ0) is 14.5. The minimum Gasteiger partial charge on any atom is -0.317 e. The Morgan fingerprint density at radius 3 is 2.63 bits per heavy atom. The molecule has 0 saturated heterocycles. The number of rotatable bonds is 4. The Balaban J connectivity index is 2.72. The summed E-state index contributed by atoms with van der Waals surface area (Å²) in [5.41, 5.74) is 0.541. The summed E-state index contributed by atoms with van der Waals surface area (Å²) in [6.45, 7) is 10.3. The van der Waals surface area contributed by atoms with Gasteiger partial charge in [-0.1, -0.05) is 25.9 Å². The first kappa shape index (κ1) is 15.2. The SMILES string of the molecule is CC(C)NC(=O)ON=C(Cn1cccn1)C(C)(C)C. The molecule has 1 N–H and O–H groups in total. The van der Waals surface area contributed by atoms with E-state index in [1.54, 1.807) is 10.9 Å². The van der Waals surface area contributed by atoms with E-state index in [0.29, 0.717) is 6.54 Å². The molecular formula is C13H22N4O2. The van der Waals surface area contributed by atoms with Crippen molar-refractivity contribution < 1.29 is 9.63 Å². The topological polar surface area (TPSA) is 68.5 Å². The second-order valence-corrected chi connectivity index (χ2v) is 5.67. The number of oxime groups is 1. The third-order valence-electron chi connectivity index (χ3n) is 2.38. The lowest BCUT2D eigenvalue weighted by Crippen LogP contribution is -2.31. The third kappa shape index (κ3) is 5.54. The van der Waals surface area contributed by atoms with Crippen LogP contribution in [0.15, 0.2) is 23.6 Å². The summed E-state index contributed by atoms with van der Waals surface area (Å²) in [7, 11) is 0. The molecule has 0 spiro atoms. The van der Waals surface area contributed by atoms with Gasteiger partial charge in [0.15, 0.2) is 0 Å².